The highest BCUT2D eigenvalue weighted by atomic mass is 19.4. The first-order chi connectivity index (χ1) is 4.52. The second kappa shape index (κ2) is 2.23. The van der Waals surface area contributed by atoms with Crippen LogP contribution in [0, 0.1) is 0 Å². The van der Waals surface area contributed by atoms with Gasteiger partial charge in [-0.05, 0) is 13.0 Å². The van der Waals surface area contributed by atoms with Crippen LogP contribution in [0.15, 0.2) is 0 Å². The van der Waals surface area contributed by atoms with Crippen LogP contribution in [-0.4, -0.2) is 24.5 Å². The van der Waals surface area contributed by atoms with E-state index in [4.69, 9.17) is 0 Å². The zero-order valence-corrected chi connectivity index (χ0v) is 5.03. The summed E-state index contributed by atoms with van der Waals surface area (Å²) in [6, 6.07) is -0.972. The van der Waals surface area contributed by atoms with Crippen molar-refractivity contribution in [1.82, 2.24) is 5.32 Å². The summed E-state index contributed by atoms with van der Waals surface area (Å²) in [6.07, 6.45) is -4.36. The molecular formula is C5H6F3NO. The molecule has 0 aromatic heterocycles. The van der Waals surface area contributed by atoms with Crippen LogP contribution in [0.3, 0.4) is 0 Å². The molecule has 58 valence electrons. The van der Waals surface area contributed by atoms with Crippen molar-refractivity contribution in [2.45, 2.75) is 18.6 Å². The molecule has 0 radical (unpaired) electrons. The first kappa shape index (κ1) is 7.53. The number of carbonyl (C=O) groups excluding carboxylic acids is 1. The summed E-state index contributed by atoms with van der Waals surface area (Å²) in [5.41, 5.74) is 0. The predicted octanol–water partition coefficient (Wildman–Crippen LogP) is 0.480. The van der Waals surface area contributed by atoms with Crippen LogP contribution in [0.25, 0.3) is 0 Å². The Kier molecular flexibility index (Phi) is 1.68. The monoisotopic (exact) mass is 153 g/mol. The van der Waals surface area contributed by atoms with Crippen LogP contribution in [0.5, 0.6) is 0 Å². The van der Waals surface area contributed by atoms with Crippen molar-refractivity contribution in [3.8, 4) is 0 Å². The minimum absolute atomic E-state index is 0.304. The Morgan fingerprint density at radius 1 is 1.50 bits per heavy atom. The van der Waals surface area contributed by atoms with Gasteiger partial charge in [-0.1, -0.05) is 0 Å². The Morgan fingerprint density at radius 2 is 2.00 bits per heavy atom. The van der Waals surface area contributed by atoms with Gasteiger partial charge in [0, 0.05) is 0 Å². The van der Waals surface area contributed by atoms with Gasteiger partial charge in [0.15, 0.2) is 0 Å². The fourth-order valence-corrected chi connectivity index (χ4v) is 0.710. The van der Waals surface area contributed by atoms with Crippen LogP contribution in [-0.2, 0) is 4.79 Å². The van der Waals surface area contributed by atoms with E-state index < -0.39 is 18.0 Å². The van der Waals surface area contributed by atoms with Crippen LogP contribution >= 0.6 is 0 Å². The molecule has 1 heterocycles. The predicted molar refractivity (Wildman–Crippen MR) is 27.5 cm³/mol. The number of alkyl halides is 3. The van der Waals surface area contributed by atoms with Gasteiger partial charge in [-0.2, -0.15) is 13.2 Å². The molecule has 1 rings (SSSR count). The third-order valence-electron chi connectivity index (χ3n) is 1.42. The maximum Gasteiger partial charge on any atom is 0.451 e. The Morgan fingerprint density at radius 3 is 2.10 bits per heavy atom. The summed E-state index contributed by atoms with van der Waals surface area (Å²) < 4.78 is 34.6. The lowest BCUT2D eigenvalue weighted by atomic mass is 10.0. The summed E-state index contributed by atoms with van der Waals surface area (Å²) >= 11 is 0. The van der Waals surface area contributed by atoms with Crippen LogP contribution in [0.1, 0.15) is 6.42 Å². The molecule has 1 saturated heterocycles. The molecule has 10 heavy (non-hydrogen) atoms. The van der Waals surface area contributed by atoms with Gasteiger partial charge in [-0.3, -0.25) is 4.79 Å². The van der Waals surface area contributed by atoms with E-state index in [-0.39, 0.29) is 0 Å². The molecule has 1 atom stereocenters. The SMILES string of the molecule is O=C(C1CCN1)C(F)(F)F. The van der Waals surface area contributed by atoms with E-state index in [2.05, 4.69) is 5.32 Å². The molecule has 0 spiro atoms. The van der Waals surface area contributed by atoms with Gasteiger partial charge >= 0.3 is 6.18 Å². The topological polar surface area (TPSA) is 29.1 Å². The van der Waals surface area contributed by atoms with Crippen molar-refractivity contribution in [3.05, 3.63) is 0 Å². The average molecular weight is 153 g/mol. The Labute approximate surface area is 55.4 Å². The maximum absolute atomic E-state index is 11.5. The molecular weight excluding hydrogens is 147 g/mol. The summed E-state index contributed by atoms with van der Waals surface area (Å²) in [4.78, 5) is 10.3. The van der Waals surface area contributed by atoms with E-state index in [1.54, 1.807) is 0 Å². The zero-order valence-electron chi connectivity index (χ0n) is 5.03. The Balaban J connectivity index is 2.48. The fraction of sp³-hybridized carbons (Fsp3) is 0.800. The number of rotatable bonds is 1. The standard InChI is InChI=1S/C5H6F3NO/c6-5(7,8)4(10)3-1-2-9-3/h3,9H,1-2H2. The van der Waals surface area contributed by atoms with E-state index in [0.29, 0.717) is 13.0 Å². The molecule has 1 aliphatic rings. The van der Waals surface area contributed by atoms with Crippen LogP contribution in [0.4, 0.5) is 13.2 Å². The van der Waals surface area contributed by atoms with E-state index in [1.807, 2.05) is 0 Å². The number of hydrogen-bond donors (Lipinski definition) is 1. The molecule has 0 bridgehead atoms. The molecule has 0 amide bonds. The summed E-state index contributed by atoms with van der Waals surface area (Å²) in [5.74, 6) is -1.65. The lowest BCUT2D eigenvalue weighted by Gasteiger charge is -2.26. The smallest absolute Gasteiger partial charge is 0.307 e. The van der Waals surface area contributed by atoms with E-state index >= 15 is 0 Å². The number of halogens is 3. The largest absolute Gasteiger partial charge is 0.451 e. The lowest BCUT2D eigenvalue weighted by Crippen LogP contribution is -2.53. The highest BCUT2D eigenvalue weighted by Crippen LogP contribution is 2.21. The van der Waals surface area contributed by atoms with Crippen molar-refractivity contribution < 1.29 is 18.0 Å². The molecule has 1 fully saturated rings. The van der Waals surface area contributed by atoms with E-state index in [1.165, 1.54) is 0 Å². The average Bonchev–Trinajstić information content (AvgIpc) is 1.57. The van der Waals surface area contributed by atoms with Crippen molar-refractivity contribution in [2.75, 3.05) is 6.54 Å². The molecule has 0 aromatic carbocycles. The van der Waals surface area contributed by atoms with Crippen molar-refractivity contribution >= 4 is 5.78 Å². The molecule has 1 N–H and O–H groups in total. The number of nitrogens with one attached hydrogen (secondary N) is 1. The second-order valence-corrected chi connectivity index (χ2v) is 2.16. The zero-order chi connectivity index (χ0) is 7.78. The number of Topliss-reactive ketones (excluding diaryl/α,β-unsaturated/α-hetero) is 1. The fourth-order valence-electron chi connectivity index (χ4n) is 0.710. The summed E-state index contributed by atoms with van der Waals surface area (Å²) in [7, 11) is 0. The Hall–Kier alpha value is -0.580. The summed E-state index contributed by atoms with van der Waals surface area (Å²) in [6.45, 7) is 0.506. The first-order valence-corrected chi connectivity index (χ1v) is 2.86. The second-order valence-electron chi connectivity index (χ2n) is 2.16. The minimum Gasteiger partial charge on any atom is -0.307 e. The van der Waals surface area contributed by atoms with Crippen molar-refractivity contribution in [3.63, 3.8) is 0 Å². The van der Waals surface area contributed by atoms with Gasteiger partial charge < -0.3 is 5.32 Å². The van der Waals surface area contributed by atoms with Crippen molar-refractivity contribution in [1.29, 1.82) is 0 Å². The molecule has 0 saturated carbocycles. The molecule has 1 unspecified atom stereocenters. The van der Waals surface area contributed by atoms with E-state index in [9.17, 15) is 18.0 Å². The maximum atomic E-state index is 11.5. The van der Waals surface area contributed by atoms with Gasteiger partial charge in [-0.25, -0.2) is 0 Å². The van der Waals surface area contributed by atoms with E-state index in [0.717, 1.165) is 0 Å². The van der Waals surface area contributed by atoms with Gasteiger partial charge in [0.1, 0.15) is 0 Å². The van der Waals surface area contributed by atoms with Gasteiger partial charge in [0.2, 0.25) is 0 Å². The molecule has 5 heteroatoms. The number of hydrogen-bond acceptors (Lipinski definition) is 2. The molecule has 0 aliphatic carbocycles. The number of ketones is 1. The van der Waals surface area contributed by atoms with Gasteiger partial charge in [0.05, 0.1) is 6.04 Å². The number of carbonyl (C=O) groups is 1. The Bertz CT molecular complexity index is 149. The van der Waals surface area contributed by atoms with Gasteiger partial charge in [-0.15, -0.1) is 0 Å². The van der Waals surface area contributed by atoms with Crippen LogP contribution < -0.4 is 5.32 Å². The minimum atomic E-state index is -4.67. The van der Waals surface area contributed by atoms with Gasteiger partial charge in [0.25, 0.3) is 5.78 Å². The normalized spacial score (nSPS) is 25.7. The first-order valence-electron chi connectivity index (χ1n) is 2.86. The molecule has 2 nitrogen and oxygen atoms in total. The molecule has 0 aromatic rings. The third kappa shape index (κ3) is 1.29. The quantitative estimate of drug-likeness (QED) is 0.593. The van der Waals surface area contributed by atoms with Crippen molar-refractivity contribution in [2.24, 2.45) is 0 Å². The van der Waals surface area contributed by atoms with Crippen LogP contribution in [0.2, 0.25) is 0 Å². The third-order valence-corrected chi connectivity index (χ3v) is 1.42. The highest BCUT2D eigenvalue weighted by molar-refractivity contribution is 5.89. The highest BCUT2D eigenvalue weighted by Gasteiger charge is 2.44. The lowest BCUT2D eigenvalue weighted by molar-refractivity contribution is -0.175. The molecule has 1 aliphatic heterocycles. The summed E-state index contributed by atoms with van der Waals surface area (Å²) in [5, 5.41) is 2.38.